The number of thioether (sulfide) groups is 1. The van der Waals surface area contributed by atoms with Crippen molar-refractivity contribution < 1.29 is 0 Å². The molecule has 1 heterocycles. The van der Waals surface area contributed by atoms with Crippen LogP contribution >= 0.6 is 23.1 Å². The lowest BCUT2D eigenvalue weighted by atomic mass is 10.5. The van der Waals surface area contributed by atoms with Gasteiger partial charge in [0.15, 0.2) is 11.7 Å². The largest absolute Gasteiger partial charge is 0.381 e. The number of nitrogens with two attached hydrogens (primary N) is 2. The van der Waals surface area contributed by atoms with E-state index in [4.69, 9.17) is 16.9 Å². The fourth-order valence-corrected chi connectivity index (χ4v) is 2.99. The molecule has 1 rings (SSSR count). The van der Waals surface area contributed by atoms with Gasteiger partial charge in [0.2, 0.25) is 0 Å². The van der Waals surface area contributed by atoms with Crippen LogP contribution in [0.15, 0.2) is 10.4 Å². The smallest absolute Gasteiger partial charge is 0.161 e. The lowest BCUT2D eigenvalue weighted by Crippen LogP contribution is -2.30. The highest BCUT2D eigenvalue weighted by molar-refractivity contribution is 7.98. The average Bonchev–Trinajstić information content (AvgIpc) is 2.75. The van der Waals surface area contributed by atoms with Crippen molar-refractivity contribution in [3.63, 3.8) is 0 Å². The van der Waals surface area contributed by atoms with Crippen LogP contribution in [0.3, 0.4) is 0 Å². The number of aromatic nitrogens is 1. The standard InChI is InChI=1S/C11H20N6S2/c1-17(2)5-9-16-8(7-19-9)6-18-4-3-15-11(14)10(12)13/h7H,3-6H2,1-2H3,(H3,12,13)(H2,14,15). The first-order chi connectivity index (χ1) is 8.99. The molecule has 0 aliphatic heterocycles. The first-order valence-electron chi connectivity index (χ1n) is 5.79. The highest BCUT2D eigenvalue weighted by atomic mass is 32.2. The molecule has 0 aromatic carbocycles. The van der Waals surface area contributed by atoms with Crippen LogP contribution in [0.1, 0.15) is 10.7 Å². The van der Waals surface area contributed by atoms with Crippen LogP contribution in [0.25, 0.3) is 0 Å². The Bertz CT molecular complexity index is 440. The molecule has 0 atom stereocenters. The van der Waals surface area contributed by atoms with Gasteiger partial charge in [-0.05, 0) is 14.1 Å². The van der Waals surface area contributed by atoms with E-state index in [1.165, 1.54) is 0 Å². The summed E-state index contributed by atoms with van der Waals surface area (Å²) in [7, 11) is 4.07. The SMILES string of the molecule is CN(C)Cc1nc(CSCCN=C(N)C(=N)N)cs1. The number of thiazole rings is 1. The van der Waals surface area contributed by atoms with Crippen molar-refractivity contribution in [3.05, 3.63) is 16.1 Å². The second-order valence-electron chi connectivity index (χ2n) is 4.20. The minimum atomic E-state index is -0.169. The van der Waals surface area contributed by atoms with Gasteiger partial charge in [-0.2, -0.15) is 11.8 Å². The summed E-state index contributed by atoms with van der Waals surface area (Å²) in [5, 5.41) is 10.3. The summed E-state index contributed by atoms with van der Waals surface area (Å²) < 4.78 is 0. The molecule has 1 aromatic rings. The Labute approximate surface area is 121 Å². The van der Waals surface area contributed by atoms with Crippen LogP contribution in [0.5, 0.6) is 0 Å². The third-order valence-corrected chi connectivity index (χ3v) is 3.95. The molecule has 6 nitrogen and oxygen atoms in total. The lowest BCUT2D eigenvalue weighted by Gasteiger charge is -2.05. The molecule has 1 aromatic heterocycles. The normalized spacial score (nSPS) is 12.1. The van der Waals surface area contributed by atoms with E-state index >= 15 is 0 Å². The van der Waals surface area contributed by atoms with Gasteiger partial charge in [0.1, 0.15) is 5.01 Å². The third kappa shape index (κ3) is 6.55. The fraction of sp³-hybridized carbons (Fsp3) is 0.545. The van der Waals surface area contributed by atoms with Gasteiger partial charge in [-0.15, -0.1) is 11.3 Å². The van der Waals surface area contributed by atoms with Crippen molar-refractivity contribution in [2.24, 2.45) is 16.5 Å². The molecular weight excluding hydrogens is 280 g/mol. The van der Waals surface area contributed by atoms with Crippen LogP contribution in [-0.4, -0.2) is 47.9 Å². The fourth-order valence-electron chi connectivity index (χ4n) is 1.25. The molecule has 106 valence electrons. The second kappa shape index (κ2) is 8.13. The van der Waals surface area contributed by atoms with Gasteiger partial charge in [-0.1, -0.05) is 0 Å². The quantitative estimate of drug-likeness (QED) is 0.391. The molecule has 0 amide bonds. The summed E-state index contributed by atoms with van der Waals surface area (Å²) in [6.45, 7) is 1.46. The molecule has 5 N–H and O–H groups in total. The molecule has 0 bridgehead atoms. The van der Waals surface area contributed by atoms with E-state index in [2.05, 4.69) is 20.3 Å². The zero-order valence-electron chi connectivity index (χ0n) is 11.2. The van der Waals surface area contributed by atoms with E-state index in [1.54, 1.807) is 23.1 Å². The number of amidine groups is 2. The Balaban J connectivity index is 2.24. The summed E-state index contributed by atoms with van der Waals surface area (Å²) >= 11 is 3.44. The number of nitrogens with zero attached hydrogens (tertiary/aromatic N) is 3. The molecule has 0 unspecified atom stereocenters. The van der Waals surface area contributed by atoms with E-state index in [1.807, 2.05) is 14.1 Å². The minimum absolute atomic E-state index is 0.113. The maximum Gasteiger partial charge on any atom is 0.161 e. The Morgan fingerprint density at radius 2 is 2.26 bits per heavy atom. The Morgan fingerprint density at radius 1 is 1.53 bits per heavy atom. The Morgan fingerprint density at radius 3 is 2.89 bits per heavy atom. The Hall–Kier alpha value is -1.12. The summed E-state index contributed by atoms with van der Waals surface area (Å²) in [4.78, 5) is 10.7. The van der Waals surface area contributed by atoms with Gasteiger partial charge in [-0.25, -0.2) is 4.98 Å². The maximum atomic E-state index is 7.08. The molecule has 0 spiro atoms. The minimum Gasteiger partial charge on any atom is -0.381 e. The van der Waals surface area contributed by atoms with Gasteiger partial charge in [0.25, 0.3) is 0 Å². The van der Waals surface area contributed by atoms with Crippen molar-refractivity contribution in [3.8, 4) is 0 Å². The van der Waals surface area contributed by atoms with Crippen molar-refractivity contribution in [2.75, 3.05) is 26.4 Å². The molecule has 0 aliphatic carbocycles. The van der Waals surface area contributed by atoms with Crippen molar-refractivity contribution in [1.29, 1.82) is 5.41 Å². The lowest BCUT2D eigenvalue weighted by molar-refractivity contribution is 0.401. The van der Waals surface area contributed by atoms with E-state index < -0.39 is 0 Å². The first kappa shape index (κ1) is 15.9. The van der Waals surface area contributed by atoms with Crippen molar-refractivity contribution in [1.82, 2.24) is 9.88 Å². The zero-order chi connectivity index (χ0) is 14.3. The van der Waals surface area contributed by atoms with Crippen LogP contribution in [0, 0.1) is 5.41 Å². The third-order valence-electron chi connectivity index (χ3n) is 2.09. The van der Waals surface area contributed by atoms with Gasteiger partial charge < -0.3 is 16.4 Å². The van der Waals surface area contributed by atoms with Gasteiger partial charge in [0.05, 0.1) is 12.2 Å². The van der Waals surface area contributed by atoms with Gasteiger partial charge in [-0.3, -0.25) is 10.4 Å². The number of hydrogen-bond acceptors (Lipinski definition) is 6. The molecule has 0 saturated heterocycles. The molecule has 8 heteroatoms. The van der Waals surface area contributed by atoms with Crippen LogP contribution < -0.4 is 11.5 Å². The molecular formula is C11H20N6S2. The number of aliphatic imine (C=N–C) groups is 1. The van der Waals surface area contributed by atoms with E-state index in [0.29, 0.717) is 6.54 Å². The predicted octanol–water partition coefficient (Wildman–Crippen LogP) is 0.731. The van der Waals surface area contributed by atoms with E-state index in [0.717, 1.165) is 28.8 Å². The van der Waals surface area contributed by atoms with Crippen LogP contribution in [0.2, 0.25) is 0 Å². The summed E-state index contributed by atoms with van der Waals surface area (Å²) in [5.74, 6) is 1.66. The highest BCUT2D eigenvalue weighted by Gasteiger charge is 2.03. The van der Waals surface area contributed by atoms with E-state index in [-0.39, 0.29) is 11.7 Å². The number of rotatable bonds is 7. The van der Waals surface area contributed by atoms with Crippen molar-refractivity contribution in [2.45, 2.75) is 12.3 Å². The van der Waals surface area contributed by atoms with E-state index in [9.17, 15) is 0 Å². The summed E-state index contributed by atoms with van der Waals surface area (Å²) in [6.07, 6.45) is 0. The molecule has 0 saturated carbocycles. The number of hydrogen-bond donors (Lipinski definition) is 3. The second-order valence-corrected chi connectivity index (χ2v) is 6.25. The van der Waals surface area contributed by atoms with Crippen molar-refractivity contribution >= 4 is 34.8 Å². The Kier molecular flexibility index (Phi) is 6.82. The molecule has 0 radical (unpaired) electrons. The summed E-state index contributed by atoms with van der Waals surface area (Å²) in [5.41, 5.74) is 11.7. The molecule has 0 aliphatic rings. The van der Waals surface area contributed by atoms with Crippen LogP contribution in [-0.2, 0) is 12.3 Å². The monoisotopic (exact) mass is 300 g/mol. The average molecular weight is 300 g/mol. The van der Waals surface area contributed by atoms with Crippen LogP contribution in [0.4, 0.5) is 0 Å². The maximum absolute atomic E-state index is 7.08. The van der Waals surface area contributed by atoms with Gasteiger partial charge >= 0.3 is 0 Å². The first-order valence-corrected chi connectivity index (χ1v) is 7.82. The topological polar surface area (TPSA) is 104 Å². The van der Waals surface area contributed by atoms with Gasteiger partial charge in [0, 0.05) is 23.4 Å². The highest BCUT2D eigenvalue weighted by Crippen LogP contribution is 2.16. The summed E-state index contributed by atoms with van der Waals surface area (Å²) in [6, 6.07) is 0. The predicted molar refractivity (Wildman–Crippen MR) is 84.1 cm³/mol. The number of nitrogens with one attached hydrogen (secondary N) is 1. The molecule has 19 heavy (non-hydrogen) atoms. The molecule has 0 fully saturated rings. The zero-order valence-corrected chi connectivity index (χ0v) is 12.9.